The summed E-state index contributed by atoms with van der Waals surface area (Å²) >= 11 is 0. The van der Waals surface area contributed by atoms with Crippen molar-refractivity contribution in [1.82, 2.24) is 4.90 Å². The third-order valence-electron chi connectivity index (χ3n) is 3.32. The predicted octanol–water partition coefficient (Wildman–Crippen LogP) is 3.88. The van der Waals surface area contributed by atoms with Crippen LogP contribution < -0.4 is 0 Å². The van der Waals surface area contributed by atoms with E-state index in [-0.39, 0.29) is 0 Å². The van der Waals surface area contributed by atoms with Gasteiger partial charge in [-0.05, 0) is 51.4 Å². The highest BCUT2D eigenvalue weighted by atomic mass is 15.1. The molecule has 1 aromatic carbocycles. The number of likely N-dealkylation sites (tertiary alicyclic amines) is 1. The number of hydrogen-bond donors (Lipinski definition) is 0. The lowest BCUT2D eigenvalue weighted by Crippen LogP contribution is -2.18. The van der Waals surface area contributed by atoms with Crippen LogP contribution in [0, 0.1) is 0 Å². The van der Waals surface area contributed by atoms with Crippen LogP contribution in [-0.4, -0.2) is 18.5 Å². The summed E-state index contributed by atoms with van der Waals surface area (Å²) in [6.45, 7) is 5.55. The second kappa shape index (κ2) is 4.84. The largest absolute Gasteiger partial charge is 0.299 e. The van der Waals surface area contributed by atoms with Crippen molar-refractivity contribution in [3.05, 3.63) is 41.0 Å². The van der Waals surface area contributed by atoms with Crippen molar-refractivity contribution in [3.63, 3.8) is 0 Å². The molecule has 1 aliphatic rings. The van der Waals surface area contributed by atoms with E-state index in [2.05, 4.69) is 56.1 Å². The normalized spacial score (nSPS) is 21.1. The predicted molar refractivity (Wildman–Crippen MR) is 70.4 cm³/mol. The van der Waals surface area contributed by atoms with Gasteiger partial charge in [0, 0.05) is 6.04 Å². The molecule has 86 valence electrons. The summed E-state index contributed by atoms with van der Waals surface area (Å²) in [7, 11) is 2.23. The van der Waals surface area contributed by atoms with Crippen LogP contribution in [-0.2, 0) is 0 Å². The van der Waals surface area contributed by atoms with E-state index in [1.54, 1.807) is 0 Å². The fourth-order valence-electron chi connectivity index (χ4n) is 2.56. The van der Waals surface area contributed by atoms with Crippen LogP contribution >= 0.6 is 0 Å². The first-order valence-corrected chi connectivity index (χ1v) is 6.12. The molecule has 0 amide bonds. The van der Waals surface area contributed by atoms with Crippen molar-refractivity contribution in [2.24, 2.45) is 0 Å². The molecule has 1 unspecified atom stereocenters. The molecule has 1 fully saturated rings. The van der Waals surface area contributed by atoms with E-state index in [1.165, 1.54) is 36.1 Å². The first kappa shape index (κ1) is 11.4. The molecule has 1 saturated heterocycles. The molecule has 0 bridgehead atoms. The van der Waals surface area contributed by atoms with Gasteiger partial charge < -0.3 is 0 Å². The molecule has 0 N–H and O–H groups in total. The topological polar surface area (TPSA) is 3.24 Å². The average molecular weight is 215 g/mol. The average Bonchev–Trinajstić information content (AvgIpc) is 2.64. The fourth-order valence-corrected chi connectivity index (χ4v) is 2.56. The Kier molecular flexibility index (Phi) is 3.45. The monoisotopic (exact) mass is 215 g/mol. The minimum atomic E-state index is 0.617. The van der Waals surface area contributed by atoms with Crippen LogP contribution in [0.2, 0.25) is 0 Å². The molecular formula is C15H21N. The van der Waals surface area contributed by atoms with Crippen molar-refractivity contribution in [2.75, 3.05) is 13.6 Å². The number of allylic oxidation sites excluding steroid dienone is 1. The maximum absolute atomic E-state index is 2.47. The zero-order chi connectivity index (χ0) is 11.5. The number of rotatable bonds is 2. The molecule has 0 spiro atoms. The van der Waals surface area contributed by atoms with Crippen LogP contribution in [0.3, 0.4) is 0 Å². The molecule has 1 nitrogen and oxygen atoms in total. The minimum Gasteiger partial charge on any atom is -0.299 e. The first-order chi connectivity index (χ1) is 7.68. The van der Waals surface area contributed by atoms with E-state index < -0.39 is 0 Å². The van der Waals surface area contributed by atoms with Crippen LogP contribution in [0.5, 0.6) is 0 Å². The number of hydrogen-bond acceptors (Lipinski definition) is 1. The van der Waals surface area contributed by atoms with Gasteiger partial charge in [0.1, 0.15) is 0 Å². The number of benzene rings is 1. The summed E-state index contributed by atoms with van der Waals surface area (Å²) < 4.78 is 0. The second-order valence-corrected chi connectivity index (χ2v) is 4.99. The van der Waals surface area contributed by atoms with E-state index >= 15 is 0 Å². The maximum Gasteiger partial charge on any atom is 0.0351 e. The maximum atomic E-state index is 2.47. The molecule has 0 aromatic heterocycles. The summed E-state index contributed by atoms with van der Waals surface area (Å²) in [6.07, 6.45) is 4.91. The van der Waals surface area contributed by atoms with Gasteiger partial charge in [-0.2, -0.15) is 0 Å². The molecule has 16 heavy (non-hydrogen) atoms. The zero-order valence-corrected chi connectivity index (χ0v) is 10.5. The standard InChI is InChI=1S/C15H21N/c1-12(2)11-13-7-4-5-8-14(13)15-9-6-10-16(15)3/h4-5,7-8,11,15H,6,9-10H2,1-3H3. The quantitative estimate of drug-likeness (QED) is 0.723. The zero-order valence-electron chi connectivity index (χ0n) is 10.5. The molecule has 1 heterocycles. The molecule has 1 heteroatoms. The Labute approximate surface area is 98.8 Å². The van der Waals surface area contributed by atoms with Gasteiger partial charge in [-0.25, -0.2) is 0 Å². The Morgan fingerprint density at radius 1 is 1.31 bits per heavy atom. The molecule has 2 rings (SSSR count). The van der Waals surface area contributed by atoms with Crippen LogP contribution in [0.15, 0.2) is 29.8 Å². The van der Waals surface area contributed by atoms with E-state index in [9.17, 15) is 0 Å². The Balaban J connectivity index is 2.36. The summed E-state index contributed by atoms with van der Waals surface area (Å²) in [5, 5.41) is 0. The van der Waals surface area contributed by atoms with Crippen molar-refractivity contribution < 1.29 is 0 Å². The first-order valence-electron chi connectivity index (χ1n) is 6.12. The second-order valence-electron chi connectivity index (χ2n) is 4.99. The van der Waals surface area contributed by atoms with E-state index in [1.807, 2.05) is 0 Å². The lowest BCUT2D eigenvalue weighted by atomic mass is 9.97. The molecule has 0 saturated carbocycles. The van der Waals surface area contributed by atoms with E-state index in [0.717, 1.165) is 0 Å². The van der Waals surface area contributed by atoms with Gasteiger partial charge in [-0.15, -0.1) is 0 Å². The molecule has 0 aliphatic carbocycles. The molecular weight excluding hydrogens is 194 g/mol. The lowest BCUT2D eigenvalue weighted by molar-refractivity contribution is 0.317. The Bertz CT molecular complexity index is 388. The van der Waals surface area contributed by atoms with Gasteiger partial charge in [-0.3, -0.25) is 4.90 Å². The molecule has 0 radical (unpaired) electrons. The van der Waals surface area contributed by atoms with E-state index in [0.29, 0.717) is 6.04 Å². The van der Waals surface area contributed by atoms with Gasteiger partial charge in [-0.1, -0.05) is 35.9 Å². The molecule has 1 atom stereocenters. The van der Waals surface area contributed by atoms with Crippen molar-refractivity contribution >= 4 is 6.08 Å². The van der Waals surface area contributed by atoms with Gasteiger partial charge in [0.25, 0.3) is 0 Å². The van der Waals surface area contributed by atoms with Gasteiger partial charge in [0.2, 0.25) is 0 Å². The summed E-state index contributed by atoms with van der Waals surface area (Å²) in [4.78, 5) is 2.47. The Morgan fingerprint density at radius 2 is 2.06 bits per heavy atom. The van der Waals surface area contributed by atoms with Crippen molar-refractivity contribution in [2.45, 2.75) is 32.7 Å². The third-order valence-corrected chi connectivity index (χ3v) is 3.32. The van der Waals surface area contributed by atoms with Gasteiger partial charge >= 0.3 is 0 Å². The Hall–Kier alpha value is -1.08. The highest BCUT2D eigenvalue weighted by molar-refractivity contribution is 5.56. The van der Waals surface area contributed by atoms with Crippen LogP contribution in [0.25, 0.3) is 6.08 Å². The summed E-state index contributed by atoms with van der Waals surface area (Å²) in [5.41, 5.74) is 4.25. The van der Waals surface area contributed by atoms with Crippen LogP contribution in [0.1, 0.15) is 43.9 Å². The molecule has 1 aliphatic heterocycles. The third kappa shape index (κ3) is 2.35. The SMILES string of the molecule is CC(C)=Cc1ccccc1C1CCCN1C. The fraction of sp³-hybridized carbons (Fsp3) is 0.467. The van der Waals surface area contributed by atoms with Gasteiger partial charge in [0.15, 0.2) is 0 Å². The highest BCUT2D eigenvalue weighted by Gasteiger charge is 2.23. The summed E-state index contributed by atoms with van der Waals surface area (Å²) in [6, 6.07) is 9.42. The number of nitrogens with zero attached hydrogens (tertiary/aromatic N) is 1. The highest BCUT2D eigenvalue weighted by Crippen LogP contribution is 2.33. The van der Waals surface area contributed by atoms with Crippen LogP contribution in [0.4, 0.5) is 0 Å². The molecule has 1 aromatic rings. The smallest absolute Gasteiger partial charge is 0.0351 e. The van der Waals surface area contributed by atoms with Crippen molar-refractivity contribution in [1.29, 1.82) is 0 Å². The Morgan fingerprint density at radius 3 is 2.69 bits per heavy atom. The van der Waals surface area contributed by atoms with Gasteiger partial charge in [0.05, 0.1) is 0 Å². The summed E-state index contributed by atoms with van der Waals surface area (Å²) in [5.74, 6) is 0. The van der Waals surface area contributed by atoms with Crippen molar-refractivity contribution in [3.8, 4) is 0 Å². The minimum absolute atomic E-state index is 0.617. The van der Waals surface area contributed by atoms with E-state index in [4.69, 9.17) is 0 Å². The lowest BCUT2D eigenvalue weighted by Gasteiger charge is -2.21.